The molecule has 0 N–H and O–H groups in total. The van der Waals surface area contributed by atoms with E-state index in [1.807, 2.05) is 0 Å². The Morgan fingerprint density at radius 3 is 1.05 bits per heavy atom. The Morgan fingerprint density at radius 2 is 0.651 bits per heavy atom. The van der Waals surface area contributed by atoms with Gasteiger partial charge < -0.3 is 14.2 Å². The van der Waals surface area contributed by atoms with Crippen molar-refractivity contribution in [3.63, 3.8) is 0 Å². The van der Waals surface area contributed by atoms with Gasteiger partial charge in [0.25, 0.3) is 0 Å². The van der Waals surface area contributed by atoms with Gasteiger partial charge in [-0.2, -0.15) is 0 Å². The van der Waals surface area contributed by atoms with E-state index in [0.29, 0.717) is 19.3 Å². The Balaban J connectivity index is 4.37. The van der Waals surface area contributed by atoms with Gasteiger partial charge in [-0.15, -0.1) is 0 Å². The predicted octanol–water partition coefficient (Wildman–Crippen LogP) is 17.0. The summed E-state index contributed by atoms with van der Waals surface area (Å²) < 4.78 is 16.7. The van der Waals surface area contributed by atoms with Crippen molar-refractivity contribution >= 4 is 17.9 Å². The molecule has 6 heteroatoms. The number of rotatable bonds is 45. The molecule has 0 rings (SSSR count). The number of allylic oxidation sites excluding steroid dienone is 16. The third-order valence-corrected chi connectivity index (χ3v) is 10.5. The molecule has 0 saturated carbocycles. The van der Waals surface area contributed by atoms with E-state index in [0.717, 1.165) is 141 Å². The van der Waals surface area contributed by atoms with Crippen molar-refractivity contribution in [2.45, 2.75) is 232 Å². The minimum absolute atomic E-state index is 0.0947. The first kappa shape index (κ1) is 59.3. The average molecular weight is 875 g/mol. The van der Waals surface area contributed by atoms with Crippen LogP contribution < -0.4 is 0 Å². The third-order valence-electron chi connectivity index (χ3n) is 10.5. The Hall–Kier alpha value is -3.67. The van der Waals surface area contributed by atoms with Crippen LogP contribution in [0.25, 0.3) is 0 Å². The molecular weight excluding hydrogens is 781 g/mol. The first-order chi connectivity index (χ1) is 31.0. The molecule has 0 aliphatic heterocycles. The number of unbranched alkanes of at least 4 members (excludes halogenated alkanes) is 18. The smallest absolute Gasteiger partial charge is 0.306 e. The topological polar surface area (TPSA) is 78.9 Å². The molecule has 63 heavy (non-hydrogen) atoms. The lowest BCUT2D eigenvalue weighted by atomic mass is 10.1. The second-order valence-corrected chi connectivity index (χ2v) is 16.7. The van der Waals surface area contributed by atoms with E-state index in [9.17, 15) is 14.4 Å². The fourth-order valence-electron chi connectivity index (χ4n) is 6.68. The van der Waals surface area contributed by atoms with Crippen LogP contribution in [0.3, 0.4) is 0 Å². The molecule has 0 amide bonds. The van der Waals surface area contributed by atoms with Crippen LogP contribution in [0.15, 0.2) is 97.2 Å². The molecule has 0 aromatic rings. The molecule has 0 fully saturated rings. The molecule has 0 aromatic heterocycles. The standard InChI is InChI=1S/C57H94O6/c1-4-7-10-13-16-19-22-24-25-26-27-28-29-30-31-32-33-34-36-38-41-44-47-50-56(59)62-53-54(52-61-55(58)49-46-43-40-37-21-18-15-12-9-6-3)63-57(60)51-48-45-42-39-35-23-20-17-14-11-8-5-2/h7,10,12,15-17,19-20,24-25,27-28,30-31,33-34,54H,4-6,8-9,11,13-14,18,21-23,26,29,32,35-53H2,1-3H3/b10-7-,15-12-,19-16-,20-17-,25-24-,28-27-,31-30-,34-33-. The summed E-state index contributed by atoms with van der Waals surface area (Å²) in [5.41, 5.74) is 0. The number of hydrogen-bond donors (Lipinski definition) is 0. The molecule has 0 saturated heterocycles. The fourth-order valence-corrected chi connectivity index (χ4v) is 6.68. The Kier molecular flexibility index (Phi) is 48.0. The Morgan fingerprint density at radius 1 is 0.333 bits per heavy atom. The third kappa shape index (κ3) is 49.2. The van der Waals surface area contributed by atoms with Crippen LogP contribution in [-0.4, -0.2) is 37.2 Å². The summed E-state index contributed by atoms with van der Waals surface area (Å²) in [7, 11) is 0. The molecule has 6 nitrogen and oxygen atoms in total. The van der Waals surface area contributed by atoms with Crippen molar-refractivity contribution < 1.29 is 28.6 Å². The van der Waals surface area contributed by atoms with Gasteiger partial charge >= 0.3 is 17.9 Å². The summed E-state index contributed by atoms with van der Waals surface area (Å²) in [5, 5.41) is 0. The predicted molar refractivity (Wildman–Crippen MR) is 270 cm³/mol. The first-order valence-electron chi connectivity index (χ1n) is 25.7. The molecule has 1 atom stereocenters. The van der Waals surface area contributed by atoms with E-state index in [2.05, 4.69) is 118 Å². The van der Waals surface area contributed by atoms with Crippen LogP contribution in [0.4, 0.5) is 0 Å². The van der Waals surface area contributed by atoms with Gasteiger partial charge in [0, 0.05) is 19.3 Å². The monoisotopic (exact) mass is 875 g/mol. The van der Waals surface area contributed by atoms with Crippen LogP contribution in [-0.2, 0) is 28.6 Å². The summed E-state index contributed by atoms with van der Waals surface area (Å²) in [6, 6.07) is 0. The molecule has 0 aromatic carbocycles. The largest absolute Gasteiger partial charge is 0.462 e. The second-order valence-electron chi connectivity index (χ2n) is 16.7. The van der Waals surface area contributed by atoms with E-state index in [4.69, 9.17) is 14.2 Å². The quantitative estimate of drug-likeness (QED) is 0.0262. The van der Waals surface area contributed by atoms with Crippen molar-refractivity contribution in [3.8, 4) is 0 Å². The van der Waals surface area contributed by atoms with Crippen molar-refractivity contribution in [2.24, 2.45) is 0 Å². The van der Waals surface area contributed by atoms with Gasteiger partial charge in [0.15, 0.2) is 6.10 Å². The van der Waals surface area contributed by atoms with Gasteiger partial charge in [-0.25, -0.2) is 0 Å². The summed E-state index contributed by atoms with van der Waals surface area (Å²) in [6.45, 7) is 6.39. The van der Waals surface area contributed by atoms with E-state index in [1.165, 1.54) is 44.9 Å². The van der Waals surface area contributed by atoms with Crippen LogP contribution in [0, 0.1) is 0 Å². The number of carbonyl (C=O) groups excluding carboxylic acids is 3. The summed E-state index contributed by atoms with van der Waals surface area (Å²) in [6.07, 6.45) is 66.8. The second kappa shape index (κ2) is 51.0. The van der Waals surface area contributed by atoms with Gasteiger partial charge in [-0.1, -0.05) is 189 Å². The normalized spacial score (nSPS) is 12.9. The van der Waals surface area contributed by atoms with E-state index in [-0.39, 0.29) is 31.1 Å². The lowest BCUT2D eigenvalue weighted by molar-refractivity contribution is -0.167. The van der Waals surface area contributed by atoms with Crippen LogP contribution >= 0.6 is 0 Å². The van der Waals surface area contributed by atoms with Crippen molar-refractivity contribution in [2.75, 3.05) is 13.2 Å². The summed E-state index contributed by atoms with van der Waals surface area (Å²) in [4.78, 5) is 37.9. The van der Waals surface area contributed by atoms with Crippen molar-refractivity contribution in [1.29, 1.82) is 0 Å². The highest BCUT2D eigenvalue weighted by Gasteiger charge is 2.19. The maximum absolute atomic E-state index is 12.7. The summed E-state index contributed by atoms with van der Waals surface area (Å²) in [5.74, 6) is -0.945. The highest BCUT2D eigenvalue weighted by molar-refractivity contribution is 5.71. The molecular formula is C57H94O6. The number of hydrogen-bond acceptors (Lipinski definition) is 6. The van der Waals surface area contributed by atoms with Gasteiger partial charge in [-0.05, 0) is 116 Å². The molecule has 1 unspecified atom stereocenters. The number of carbonyl (C=O) groups is 3. The van der Waals surface area contributed by atoms with Gasteiger partial charge in [0.05, 0.1) is 0 Å². The van der Waals surface area contributed by atoms with Gasteiger partial charge in [0.2, 0.25) is 0 Å². The lowest BCUT2D eigenvalue weighted by Crippen LogP contribution is -2.30. The van der Waals surface area contributed by atoms with Crippen molar-refractivity contribution in [1.82, 2.24) is 0 Å². The van der Waals surface area contributed by atoms with Crippen molar-refractivity contribution in [3.05, 3.63) is 97.2 Å². The summed E-state index contributed by atoms with van der Waals surface area (Å²) >= 11 is 0. The Bertz CT molecular complexity index is 1280. The zero-order valence-electron chi connectivity index (χ0n) is 40.8. The highest BCUT2D eigenvalue weighted by Crippen LogP contribution is 2.13. The minimum Gasteiger partial charge on any atom is -0.462 e. The lowest BCUT2D eigenvalue weighted by Gasteiger charge is -2.18. The fraction of sp³-hybridized carbons (Fsp3) is 0.667. The van der Waals surface area contributed by atoms with Crippen LogP contribution in [0.5, 0.6) is 0 Å². The average Bonchev–Trinajstić information content (AvgIpc) is 3.28. The molecule has 0 aliphatic carbocycles. The van der Waals surface area contributed by atoms with E-state index in [1.54, 1.807) is 0 Å². The number of esters is 3. The maximum atomic E-state index is 12.7. The first-order valence-corrected chi connectivity index (χ1v) is 25.7. The molecule has 0 heterocycles. The van der Waals surface area contributed by atoms with Gasteiger partial charge in [0.1, 0.15) is 13.2 Å². The Labute approximate surface area is 387 Å². The maximum Gasteiger partial charge on any atom is 0.306 e. The zero-order chi connectivity index (χ0) is 45.8. The molecule has 0 aliphatic rings. The van der Waals surface area contributed by atoms with E-state index >= 15 is 0 Å². The van der Waals surface area contributed by atoms with Gasteiger partial charge in [-0.3, -0.25) is 14.4 Å². The highest BCUT2D eigenvalue weighted by atomic mass is 16.6. The SMILES string of the molecule is CC/C=C\C/C=C\C/C=C\C/C=C\C/C=C\C/C=C\CCCCCCC(=O)OCC(COC(=O)CCCCCCC/C=C\CCC)OC(=O)CCCCCCC/C=C\CCCCC. The molecule has 0 radical (unpaired) electrons. The molecule has 0 bridgehead atoms. The van der Waals surface area contributed by atoms with Crippen LogP contribution in [0.1, 0.15) is 226 Å². The van der Waals surface area contributed by atoms with Crippen LogP contribution in [0.2, 0.25) is 0 Å². The zero-order valence-corrected chi connectivity index (χ0v) is 40.8. The molecule has 0 spiro atoms. The molecule has 358 valence electrons. The number of ether oxygens (including phenoxy) is 3. The van der Waals surface area contributed by atoms with E-state index < -0.39 is 6.10 Å². The minimum atomic E-state index is -0.795.